The summed E-state index contributed by atoms with van der Waals surface area (Å²) >= 11 is 0. The molecule has 0 aliphatic rings. The van der Waals surface area contributed by atoms with Crippen molar-refractivity contribution in [3.63, 3.8) is 0 Å². The zero-order chi connectivity index (χ0) is 28.3. The molecule has 11 heteroatoms. The van der Waals surface area contributed by atoms with Crippen LogP contribution in [0.4, 0.5) is 27.6 Å². The molecule has 3 aromatic carbocycles. The van der Waals surface area contributed by atoms with Gasteiger partial charge in [0.1, 0.15) is 18.1 Å². The number of halogens is 5. The summed E-state index contributed by atoms with van der Waals surface area (Å²) in [5, 5.41) is 6.82. The van der Waals surface area contributed by atoms with Crippen LogP contribution < -0.4 is 14.8 Å². The fourth-order valence-corrected chi connectivity index (χ4v) is 3.92. The number of benzene rings is 3. The molecule has 1 amide bonds. The predicted molar refractivity (Wildman–Crippen MR) is 133 cm³/mol. The van der Waals surface area contributed by atoms with E-state index in [9.17, 15) is 26.7 Å². The summed E-state index contributed by atoms with van der Waals surface area (Å²) in [6.07, 6.45) is 0. The van der Waals surface area contributed by atoms with Crippen LogP contribution >= 0.6 is 0 Å². The van der Waals surface area contributed by atoms with Crippen molar-refractivity contribution in [2.75, 3.05) is 11.9 Å². The second-order valence-corrected chi connectivity index (χ2v) is 8.60. The lowest BCUT2D eigenvalue weighted by atomic mass is 10.1. The van der Waals surface area contributed by atoms with Gasteiger partial charge in [-0.2, -0.15) is 5.10 Å². The van der Waals surface area contributed by atoms with Gasteiger partial charge < -0.3 is 14.8 Å². The SMILES string of the molecule is CCOc1ccc(OCc2cccc(C(=O)Nc3c(C)nn(Cc4c(F)c(F)c(F)c(F)c4F)c3C)c2)cc1. The molecule has 1 N–H and O–H groups in total. The molecule has 0 saturated carbocycles. The van der Waals surface area contributed by atoms with E-state index in [4.69, 9.17) is 9.47 Å². The molecule has 1 aromatic heterocycles. The fraction of sp³-hybridized carbons (Fsp3) is 0.214. The van der Waals surface area contributed by atoms with E-state index in [0.717, 1.165) is 16.0 Å². The number of aromatic nitrogens is 2. The van der Waals surface area contributed by atoms with Crippen molar-refractivity contribution >= 4 is 11.6 Å². The maximum Gasteiger partial charge on any atom is 0.255 e. The average Bonchev–Trinajstić information content (AvgIpc) is 3.20. The lowest BCUT2D eigenvalue weighted by molar-refractivity contribution is 0.102. The first-order valence-corrected chi connectivity index (χ1v) is 11.9. The Morgan fingerprint density at radius 1 is 0.872 bits per heavy atom. The molecule has 0 atom stereocenters. The van der Waals surface area contributed by atoms with Crippen LogP contribution in [-0.4, -0.2) is 22.3 Å². The maximum atomic E-state index is 14.2. The Morgan fingerprint density at radius 2 is 1.46 bits per heavy atom. The molecule has 204 valence electrons. The second kappa shape index (κ2) is 11.5. The number of carbonyl (C=O) groups excluding carboxylic acids is 1. The number of anilines is 1. The van der Waals surface area contributed by atoms with E-state index in [-0.39, 0.29) is 18.0 Å². The molecule has 0 radical (unpaired) electrons. The van der Waals surface area contributed by atoms with Gasteiger partial charge >= 0.3 is 0 Å². The first-order valence-electron chi connectivity index (χ1n) is 11.9. The zero-order valence-corrected chi connectivity index (χ0v) is 21.2. The first kappa shape index (κ1) is 27.6. The number of ether oxygens (including phenoxy) is 2. The van der Waals surface area contributed by atoms with Crippen LogP contribution in [0.2, 0.25) is 0 Å². The summed E-state index contributed by atoms with van der Waals surface area (Å²) < 4.78 is 81.2. The largest absolute Gasteiger partial charge is 0.494 e. The summed E-state index contributed by atoms with van der Waals surface area (Å²) in [6, 6.07) is 13.9. The molecule has 39 heavy (non-hydrogen) atoms. The van der Waals surface area contributed by atoms with Gasteiger partial charge in [0.05, 0.1) is 35.8 Å². The molecule has 0 aliphatic heterocycles. The van der Waals surface area contributed by atoms with Crippen LogP contribution in [0, 0.1) is 42.9 Å². The summed E-state index contributed by atoms with van der Waals surface area (Å²) in [4.78, 5) is 13.0. The molecule has 1 heterocycles. The molecule has 4 aromatic rings. The topological polar surface area (TPSA) is 65.4 Å². The second-order valence-electron chi connectivity index (χ2n) is 8.60. The van der Waals surface area contributed by atoms with Crippen molar-refractivity contribution in [3.8, 4) is 11.5 Å². The van der Waals surface area contributed by atoms with E-state index in [1.54, 1.807) is 55.5 Å². The molecule has 6 nitrogen and oxygen atoms in total. The Hall–Kier alpha value is -4.41. The third kappa shape index (κ3) is 5.87. The smallest absolute Gasteiger partial charge is 0.255 e. The Kier molecular flexibility index (Phi) is 8.18. The van der Waals surface area contributed by atoms with Gasteiger partial charge in [-0.15, -0.1) is 0 Å². The molecule has 4 rings (SSSR count). The van der Waals surface area contributed by atoms with Gasteiger partial charge in [-0.3, -0.25) is 9.48 Å². The molecule has 0 aliphatic carbocycles. The number of amides is 1. The molecule has 0 fully saturated rings. The maximum absolute atomic E-state index is 14.2. The summed E-state index contributed by atoms with van der Waals surface area (Å²) in [7, 11) is 0. The lowest BCUT2D eigenvalue weighted by Crippen LogP contribution is -2.15. The zero-order valence-electron chi connectivity index (χ0n) is 21.2. The van der Waals surface area contributed by atoms with E-state index >= 15 is 0 Å². The lowest BCUT2D eigenvalue weighted by Gasteiger charge is -2.11. The minimum Gasteiger partial charge on any atom is -0.494 e. The third-order valence-electron chi connectivity index (χ3n) is 5.96. The van der Waals surface area contributed by atoms with Crippen LogP contribution in [0.25, 0.3) is 0 Å². The van der Waals surface area contributed by atoms with E-state index in [1.165, 1.54) is 6.92 Å². The molecule has 0 unspecified atom stereocenters. The quantitative estimate of drug-likeness (QED) is 0.149. The molecule has 0 bridgehead atoms. The number of hydrogen-bond acceptors (Lipinski definition) is 4. The number of aryl methyl sites for hydroxylation is 1. The van der Waals surface area contributed by atoms with Crippen LogP contribution in [0.1, 0.15) is 39.8 Å². The Morgan fingerprint density at radius 3 is 2.08 bits per heavy atom. The van der Waals surface area contributed by atoms with Gasteiger partial charge in [-0.25, -0.2) is 22.0 Å². The molecule has 0 spiro atoms. The Bertz CT molecular complexity index is 1490. The monoisotopic (exact) mass is 545 g/mol. The van der Waals surface area contributed by atoms with Crippen LogP contribution in [0.3, 0.4) is 0 Å². The summed E-state index contributed by atoms with van der Waals surface area (Å²) in [5.74, 6) is -9.31. The normalized spacial score (nSPS) is 11.0. The standard InChI is InChI=1S/C28H24F5N3O3/c1-4-38-19-8-10-20(11-9-19)39-14-17-6-5-7-18(12-17)28(37)34-27-15(2)35-36(16(27)3)13-21-22(29)24(31)26(33)25(32)23(21)30/h5-12H,4,13-14H2,1-3H3,(H,34,37). The van der Waals surface area contributed by atoms with E-state index in [1.807, 2.05) is 6.92 Å². The number of hydrogen-bond donors (Lipinski definition) is 1. The highest BCUT2D eigenvalue weighted by Gasteiger charge is 2.27. The summed E-state index contributed by atoms with van der Waals surface area (Å²) in [5.41, 5.74) is 0.815. The van der Waals surface area contributed by atoms with Gasteiger partial charge in [-0.05, 0) is 62.7 Å². The minimum atomic E-state index is -2.23. The number of nitrogens with one attached hydrogen (secondary N) is 1. The minimum absolute atomic E-state index is 0.201. The van der Waals surface area contributed by atoms with Crippen molar-refractivity contribution in [3.05, 3.63) is 106 Å². The molecule has 0 saturated heterocycles. The number of carbonyl (C=O) groups is 1. The fourth-order valence-electron chi connectivity index (χ4n) is 3.92. The molecular formula is C28H24F5N3O3. The van der Waals surface area contributed by atoms with Crippen molar-refractivity contribution < 1.29 is 36.2 Å². The number of nitrogens with zero attached hydrogens (tertiary/aromatic N) is 2. The van der Waals surface area contributed by atoms with Gasteiger partial charge in [-0.1, -0.05) is 12.1 Å². The molecular weight excluding hydrogens is 521 g/mol. The van der Waals surface area contributed by atoms with Gasteiger partial charge in [0.2, 0.25) is 5.82 Å². The third-order valence-corrected chi connectivity index (χ3v) is 5.96. The van der Waals surface area contributed by atoms with Gasteiger partial charge in [0.25, 0.3) is 5.91 Å². The van der Waals surface area contributed by atoms with E-state index < -0.39 is 47.1 Å². The van der Waals surface area contributed by atoms with Crippen molar-refractivity contribution in [2.24, 2.45) is 0 Å². The summed E-state index contributed by atoms with van der Waals surface area (Å²) in [6.45, 7) is 4.96. The number of rotatable bonds is 9. The van der Waals surface area contributed by atoms with E-state index in [0.29, 0.717) is 23.6 Å². The first-order chi connectivity index (χ1) is 18.6. The van der Waals surface area contributed by atoms with Gasteiger partial charge in [0.15, 0.2) is 23.3 Å². The highest BCUT2D eigenvalue weighted by molar-refractivity contribution is 6.05. The van der Waals surface area contributed by atoms with Crippen molar-refractivity contribution in [2.45, 2.75) is 33.9 Å². The highest BCUT2D eigenvalue weighted by Crippen LogP contribution is 2.27. The average molecular weight is 546 g/mol. The highest BCUT2D eigenvalue weighted by atomic mass is 19.2. The van der Waals surface area contributed by atoms with Crippen LogP contribution in [-0.2, 0) is 13.2 Å². The Labute approximate surface area is 221 Å². The van der Waals surface area contributed by atoms with Crippen molar-refractivity contribution in [1.29, 1.82) is 0 Å². The van der Waals surface area contributed by atoms with Crippen molar-refractivity contribution in [1.82, 2.24) is 9.78 Å². The van der Waals surface area contributed by atoms with Crippen LogP contribution in [0.15, 0.2) is 48.5 Å². The predicted octanol–water partition coefficient (Wildman–Crippen LogP) is 6.47. The van der Waals surface area contributed by atoms with Gasteiger partial charge in [0, 0.05) is 5.56 Å². The van der Waals surface area contributed by atoms with Crippen LogP contribution in [0.5, 0.6) is 11.5 Å². The Balaban J connectivity index is 1.48. The van der Waals surface area contributed by atoms with E-state index in [2.05, 4.69) is 10.4 Å².